The van der Waals surface area contributed by atoms with E-state index in [-0.39, 0.29) is 6.10 Å². The molecule has 1 aliphatic rings. The van der Waals surface area contributed by atoms with Gasteiger partial charge in [0.25, 0.3) is 0 Å². The summed E-state index contributed by atoms with van der Waals surface area (Å²) in [6.07, 6.45) is 2.99. The Morgan fingerprint density at radius 1 is 1.36 bits per heavy atom. The van der Waals surface area contributed by atoms with Crippen LogP contribution in [-0.4, -0.2) is 61.2 Å². The average Bonchev–Trinajstić information content (AvgIpc) is 2.47. The molecule has 1 atom stereocenters. The van der Waals surface area contributed by atoms with E-state index in [4.69, 9.17) is 4.74 Å². The van der Waals surface area contributed by atoms with Gasteiger partial charge in [0.2, 0.25) is 15.9 Å². The van der Waals surface area contributed by atoms with Crippen LogP contribution in [0.4, 0.5) is 5.82 Å². The highest BCUT2D eigenvalue weighted by atomic mass is 32.2. The lowest BCUT2D eigenvalue weighted by atomic mass is 10.1. The van der Waals surface area contributed by atoms with Crippen molar-refractivity contribution in [3.8, 4) is 5.88 Å². The zero-order valence-corrected chi connectivity index (χ0v) is 14.4. The van der Waals surface area contributed by atoms with Crippen molar-refractivity contribution < 1.29 is 13.2 Å². The number of hydrogen-bond donors (Lipinski definition) is 0. The molecule has 0 amide bonds. The normalized spacial score (nSPS) is 19.7. The summed E-state index contributed by atoms with van der Waals surface area (Å²) in [4.78, 5) is 10.3. The fourth-order valence-electron chi connectivity index (χ4n) is 2.50. The molecule has 22 heavy (non-hydrogen) atoms. The highest BCUT2D eigenvalue weighted by molar-refractivity contribution is 7.89. The third-order valence-electron chi connectivity index (χ3n) is 3.62. The number of rotatable bonds is 5. The first kappa shape index (κ1) is 17.0. The Balaban J connectivity index is 2.16. The first-order valence-electron chi connectivity index (χ1n) is 7.45. The first-order chi connectivity index (χ1) is 10.3. The third kappa shape index (κ3) is 3.86. The van der Waals surface area contributed by atoms with Crippen LogP contribution in [-0.2, 0) is 10.0 Å². The summed E-state index contributed by atoms with van der Waals surface area (Å²) in [5.74, 6) is 1.22. The lowest BCUT2D eigenvalue weighted by molar-refractivity contribution is 0.232. The Morgan fingerprint density at radius 2 is 2.09 bits per heavy atom. The Bertz CT molecular complexity index is 604. The van der Waals surface area contributed by atoms with E-state index in [2.05, 4.69) is 9.97 Å². The molecule has 1 aliphatic heterocycles. The summed E-state index contributed by atoms with van der Waals surface area (Å²) in [6.45, 7) is 5.10. The number of piperidine rings is 1. The average molecular weight is 328 g/mol. The summed E-state index contributed by atoms with van der Waals surface area (Å²) in [5.41, 5.74) is 0. The first-order valence-corrected chi connectivity index (χ1v) is 8.96. The van der Waals surface area contributed by atoms with Crippen LogP contribution < -0.4 is 9.64 Å². The van der Waals surface area contributed by atoms with Crippen molar-refractivity contribution >= 4 is 15.8 Å². The molecule has 1 fully saturated rings. The van der Waals surface area contributed by atoms with Crippen molar-refractivity contribution in [1.29, 1.82) is 0 Å². The predicted molar refractivity (Wildman–Crippen MR) is 85.6 cm³/mol. The lowest BCUT2D eigenvalue weighted by Crippen LogP contribution is -2.46. The fraction of sp³-hybridized carbons (Fsp3) is 0.714. The van der Waals surface area contributed by atoms with Gasteiger partial charge in [0.1, 0.15) is 12.1 Å². The molecule has 1 aromatic heterocycles. The summed E-state index contributed by atoms with van der Waals surface area (Å²) in [7, 11) is -0.0991. The number of hydrogen-bond acceptors (Lipinski definition) is 6. The van der Waals surface area contributed by atoms with Crippen LogP contribution in [0.5, 0.6) is 5.88 Å². The zero-order chi connectivity index (χ0) is 16.3. The van der Waals surface area contributed by atoms with Gasteiger partial charge in [-0.25, -0.2) is 22.7 Å². The van der Waals surface area contributed by atoms with E-state index < -0.39 is 15.3 Å². The monoisotopic (exact) mass is 328 g/mol. The second-order valence-electron chi connectivity index (χ2n) is 5.92. The summed E-state index contributed by atoms with van der Waals surface area (Å²) >= 11 is 0. The van der Waals surface area contributed by atoms with Crippen molar-refractivity contribution in [3.05, 3.63) is 12.4 Å². The summed E-state index contributed by atoms with van der Waals surface area (Å²) in [5, 5.41) is -0.402. The predicted octanol–water partition coefficient (Wildman–Crippen LogP) is 1.12. The highest BCUT2D eigenvalue weighted by Crippen LogP contribution is 2.24. The number of anilines is 1. The molecule has 124 valence electrons. The molecule has 0 aliphatic carbocycles. The number of ether oxygens (including phenoxy) is 1. The van der Waals surface area contributed by atoms with Gasteiger partial charge in [-0.1, -0.05) is 0 Å². The number of sulfonamides is 1. The Labute approximate surface area is 132 Å². The van der Waals surface area contributed by atoms with Crippen LogP contribution >= 0.6 is 0 Å². The van der Waals surface area contributed by atoms with Crippen LogP contribution in [0.1, 0.15) is 26.7 Å². The van der Waals surface area contributed by atoms with Crippen LogP contribution in [0.3, 0.4) is 0 Å². The van der Waals surface area contributed by atoms with E-state index in [1.54, 1.807) is 20.2 Å². The highest BCUT2D eigenvalue weighted by Gasteiger charge is 2.32. The molecule has 0 radical (unpaired) electrons. The molecule has 2 rings (SSSR count). The van der Waals surface area contributed by atoms with Gasteiger partial charge in [0, 0.05) is 33.3 Å². The smallest absolute Gasteiger partial charge is 0.218 e. The third-order valence-corrected chi connectivity index (χ3v) is 5.86. The number of nitrogens with zero attached hydrogens (tertiary/aromatic N) is 4. The minimum atomic E-state index is -3.25. The van der Waals surface area contributed by atoms with Gasteiger partial charge < -0.3 is 9.64 Å². The maximum absolute atomic E-state index is 12.3. The van der Waals surface area contributed by atoms with Crippen LogP contribution in [0.25, 0.3) is 0 Å². The maximum atomic E-state index is 12.3. The van der Waals surface area contributed by atoms with E-state index in [0.717, 1.165) is 13.0 Å². The van der Waals surface area contributed by atoms with Gasteiger partial charge in [-0.05, 0) is 26.7 Å². The molecule has 2 heterocycles. The SMILES string of the molecule is CC(C)Oc1cc(N2CCCC(S(=O)(=O)N(C)C)C2)ncn1. The fourth-order valence-corrected chi connectivity index (χ4v) is 3.93. The molecule has 0 bridgehead atoms. The second-order valence-corrected chi connectivity index (χ2v) is 8.35. The molecule has 0 saturated carbocycles. The molecule has 1 aromatic rings. The van der Waals surface area contributed by atoms with Crippen molar-refractivity contribution in [2.75, 3.05) is 32.1 Å². The van der Waals surface area contributed by atoms with E-state index in [1.807, 2.05) is 18.7 Å². The van der Waals surface area contributed by atoms with Crippen LogP contribution in [0.15, 0.2) is 12.4 Å². The zero-order valence-electron chi connectivity index (χ0n) is 13.6. The molecule has 7 nitrogen and oxygen atoms in total. The molecule has 1 unspecified atom stereocenters. The standard InChI is InChI=1S/C14H24N4O3S/c1-11(2)21-14-8-13(15-10-16-14)18-7-5-6-12(9-18)22(19,20)17(3)4/h8,10-12H,5-7,9H2,1-4H3. The molecular formula is C14H24N4O3S. The lowest BCUT2D eigenvalue weighted by Gasteiger charge is -2.34. The van der Waals surface area contributed by atoms with Gasteiger partial charge in [-0.3, -0.25) is 0 Å². The van der Waals surface area contributed by atoms with E-state index in [9.17, 15) is 8.42 Å². The van der Waals surface area contributed by atoms with E-state index in [1.165, 1.54) is 10.6 Å². The maximum Gasteiger partial charge on any atom is 0.218 e. The summed E-state index contributed by atoms with van der Waals surface area (Å²) < 4.78 is 31.5. The minimum Gasteiger partial charge on any atom is -0.475 e. The van der Waals surface area contributed by atoms with E-state index >= 15 is 0 Å². The quantitative estimate of drug-likeness (QED) is 0.806. The molecule has 0 aromatic carbocycles. The van der Waals surface area contributed by atoms with Gasteiger partial charge in [-0.2, -0.15) is 0 Å². The van der Waals surface area contributed by atoms with Gasteiger partial charge in [-0.15, -0.1) is 0 Å². The van der Waals surface area contributed by atoms with Crippen LogP contribution in [0, 0.1) is 0 Å². The second kappa shape index (κ2) is 6.78. The van der Waals surface area contributed by atoms with Gasteiger partial charge in [0.05, 0.1) is 11.4 Å². The van der Waals surface area contributed by atoms with Crippen molar-refractivity contribution in [3.63, 3.8) is 0 Å². The topological polar surface area (TPSA) is 75.6 Å². The Kier molecular flexibility index (Phi) is 5.23. The van der Waals surface area contributed by atoms with Crippen molar-refractivity contribution in [2.24, 2.45) is 0 Å². The molecule has 0 N–H and O–H groups in total. The van der Waals surface area contributed by atoms with E-state index in [0.29, 0.717) is 24.7 Å². The number of aromatic nitrogens is 2. The van der Waals surface area contributed by atoms with Crippen LogP contribution in [0.2, 0.25) is 0 Å². The minimum absolute atomic E-state index is 0.0333. The van der Waals surface area contributed by atoms with Crippen molar-refractivity contribution in [2.45, 2.75) is 38.0 Å². The van der Waals surface area contributed by atoms with Gasteiger partial charge in [0.15, 0.2) is 0 Å². The summed E-state index contributed by atoms with van der Waals surface area (Å²) in [6, 6.07) is 1.77. The largest absolute Gasteiger partial charge is 0.475 e. The van der Waals surface area contributed by atoms with Gasteiger partial charge >= 0.3 is 0 Å². The Hall–Kier alpha value is -1.41. The molecule has 8 heteroatoms. The Morgan fingerprint density at radius 3 is 2.73 bits per heavy atom. The molecule has 0 spiro atoms. The molecule has 1 saturated heterocycles. The van der Waals surface area contributed by atoms with Crippen molar-refractivity contribution in [1.82, 2.24) is 14.3 Å². The molecular weight excluding hydrogens is 304 g/mol.